The minimum atomic E-state index is -0.596. The Balaban J connectivity index is 1.40. The van der Waals surface area contributed by atoms with Crippen LogP contribution in [0, 0.1) is 10.1 Å². The van der Waals surface area contributed by atoms with Gasteiger partial charge in [0.15, 0.2) is 34.5 Å². The number of methoxy groups -OCH3 is 3. The molecule has 12 nitrogen and oxygen atoms in total. The molecule has 9 rings (SSSR count). The maximum Gasteiger partial charge on any atom is 0.343 e. The van der Waals surface area contributed by atoms with Gasteiger partial charge in [0.2, 0.25) is 5.75 Å². The number of fused-ring (bicyclic) bond motifs is 2. The van der Waals surface area contributed by atoms with E-state index in [-0.39, 0.29) is 35.4 Å². The van der Waals surface area contributed by atoms with Crippen LogP contribution in [0.3, 0.4) is 0 Å². The lowest BCUT2D eigenvalue weighted by atomic mass is 9.86. The highest BCUT2D eigenvalue weighted by Gasteiger charge is 2.37. The van der Waals surface area contributed by atoms with Crippen LogP contribution < -0.4 is 28.4 Å². The van der Waals surface area contributed by atoms with Crippen LogP contribution >= 0.6 is 0 Å². The quantitative estimate of drug-likeness (QED) is 0.0720. The lowest BCUT2D eigenvalue weighted by Crippen LogP contribution is -2.34. The van der Waals surface area contributed by atoms with Crippen molar-refractivity contribution in [2.24, 2.45) is 0 Å². The summed E-state index contributed by atoms with van der Waals surface area (Å²) >= 11 is 0. The molecule has 56 heavy (non-hydrogen) atoms. The Labute approximate surface area is 325 Å². The average molecular weight is 758 g/mol. The van der Waals surface area contributed by atoms with Crippen LogP contribution in [0.15, 0.2) is 84.9 Å². The summed E-state index contributed by atoms with van der Waals surface area (Å²) in [4.78, 5) is 30.5. The molecule has 0 spiro atoms. The van der Waals surface area contributed by atoms with Crippen molar-refractivity contribution in [3.8, 4) is 46.0 Å². The van der Waals surface area contributed by atoms with Gasteiger partial charge in [0.1, 0.15) is 5.75 Å². The second-order valence-electron chi connectivity index (χ2n) is 14.4. The van der Waals surface area contributed by atoms with Gasteiger partial charge in [0.25, 0.3) is 5.69 Å². The minimum absolute atomic E-state index is 0.0171. The van der Waals surface area contributed by atoms with Crippen LogP contribution in [0.25, 0.3) is 0 Å². The summed E-state index contributed by atoms with van der Waals surface area (Å²) in [6, 6.07) is 25.2. The van der Waals surface area contributed by atoms with E-state index in [2.05, 4.69) is 16.8 Å². The number of ether oxygens (including phenoxy) is 6. The Morgan fingerprint density at radius 3 is 2.07 bits per heavy atom. The van der Waals surface area contributed by atoms with Crippen molar-refractivity contribution in [1.82, 2.24) is 9.80 Å². The number of rotatable bonds is 6. The normalized spacial score (nSPS) is 17.7. The van der Waals surface area contributed by atoms with Gasteiger partial charge in [-0.3, -0.25) is 19.9 Å². The van der Waals surface area contributed by atoms with Gasteiger partial charge in [-0.2, -0.15) is 0 Å². The monoisotopic (exact) mass is 757 g/mol. The third-order valence-corrected chi connectivity index (χ3v) is 11.2. The number of nitrogens with zero attached hydrogens (tertiary/aromatic N) is 3. The van der Waals surface area contributed by atoms with Crippen LogP contribution in [0.5, 0.6) is 46.0 Å². The predicted octanol–water partition coefficient (Wildman–Crippen LogP) is 8.28. The van der Waals surface area contributed by atoms with Crippen LogP contribution in [-0.4, -0.2) is 69.2 Å². The highest BCUT2D eigenvalue weighted by molar-refractivity contribution is 5.92. The maximum absolute atomic E-state index is 13.8. The molecule has 5 aromatic carbocycles. The van der Waals surface area contributed by atoms with Crippen molar-refractivity contribution in [3.63, 3.8) is 0 Å². The van der Waals surface area contributed by atoms with Crippen molar-refractivity contribution >= 4 is 11.7 Å². The maximum atomic E-state index is 13.8. The number of benzene rings is 5. The topological polar surface area (TPSA) is 122 Å². The smallest absolute Gasteiger partial charge is 0.343 e. The fraction of sp³-hybridized carbons (Fsp3) is 0.295. The molecular formula is C44H43N3O9. The Kier molecular flexibility index (Phi) is 10.0. The molecule has 0 aromatic heterocycles. The Morgan fingerprint density at radius 2 is 1.38 bits per heavy atom. The molecule has 0 aliphatic carbocycles. The Bertz CT molecular complexity index is 2310. The lowest BCUT2D eigenvalue weighted by molar-refractivity contribution is -0.385. The Morgan fingerprint density at radius 1 is 0.732 bits per heavy atom. The van der Waals surface area contributed by atoms with Gasteiger partial charge < -0.3 is 28.4 Å². The summed E-state index contributed by atoms with van der Waals surface area (Å²) in [6.07, 6.45) is 2.33. The first kappa shape index (κ1) is 36.8. The van der Waals surface area contributed by atoms with E-state index in [0.29, 0.717) is 64.8 Å². The van der Waals surface area contributed by atoms with E-state index in [9.17, 15) is 14.9 Å². The number of nitro groups is 1. The average Bonchev–Trinajstić information content (AvgIpc) is 3.21. The molecule has 0 fully saturated rings. The van der Waals surface area contributed by atoms with Crippen molar-refractivity contribution in [3.05, 3.63) is 134 Å². The van der Waals surface area contributed by atoms with E-state index in [1.807, 2.05) is 55.6 Å². The van der Waals surface area contributed by atoms with E-state index in [4.69, 9.17) is 28.4 Å². The third-order valence-electron chi connectivity index (χ3n) is 11.2. The van der Waals surface area contributed by atoms with Gasteiger partial charge in [0, 0.05) is 36.3 Å². The molecule has 4 aliphatic rings. The number of hydrogen-bond donors (Lipinski definition) is 0. The molecular weight excluding hydrogens is 714 g/mol. The summed E-state index contributed by atoms with van der Waals surface area (Å²) in [6.45, 7) is 1.50. The summed E-state index contributed by atoms with van der Waals surface area (Å²) in [5.41, 5.74) is 5.63. The van der Waals surface area contributed by atoms with Crippen LogP contribution in [-0.2, 0) is 25.7 Å². The van der Waals surface area contributed by atoms with Crippen molar-refractivity contribution in [2.75, 3.05) is 48.5 Å². The zero-order chi connectivity index (χ0) is 39.1. The fourth-order valence-corrected chi connectivity index (χ4v) is 8.13. The molecule has 2 atom stereocenters. The van der Waals surface area contributed by atoms with Crippen LogP contribution in [0.2, 0.25) is 0 Å². The molecule has 0 radical (unpaired) electrons. The van der Waals surface area contributed by atoms with E-state index in [0.717, 1.165) is 35.2 Å². The predicted molar refractivity (Wildman–Crippen MR) is 209 cm³/mol. The zero-order valence-electron chi connectivity index (χ0n) is 32.0. The molecule has 0 amide bonds. The number of carbonyl (C=O) groups is 1. The van der Waals surface area contributed by atoms with Crippen LogP contribution in [0.1, 0.15) is 55.8 Å². The molecule has 6 bridgehead atoms. The van der Waals surface area contributed by atoms with Crippen molar-refractivity contribution < 1.29 is 38.1 Å². The van der Waals surface area contributed by atoms with Gasteiger partial charge in [-0.1, -0.05) is 30.3 Å². The molecule has 0 N–H and O–H groups in total. The van der Waals surface area contributed by atoms with E-state index < -0.39 is 16.9 Å². The standard InChI is InChI=1S/C44H43N3O9/c1-45-17-15-28-21-36(51-3)39-24-32(28)34(45)19-26-11-13-31(14-12-26)54-38-23-30(33(47(49)50)25-37(38)52-4)20-35-41-29(16-18-46(35)2)22-40(53-5)42(43(41)55-39)56-44(48)27-9-7-6-8-10-27/h6-14,21-25,34-35H,15-20H2,1-5H3/t34-,35-/m0/s1. The van der Waals surface area contributed by atoms with Crippen molar-refractivity contribution in [2.45, 2.75) is 37.8 Å². The highest BCUT2D eigenvalue weighted by atomic mass is 16.6. The third kappa shape index (κ3) is 6.86. The molecule has 4 aliphatic heterocycles. The number of esters is 1. The van der Waals surface area contributed by atoms with E-state index >= 15 is 0 Å². The number of hydrogen-bond acceptors (Lipinski definition) is 11. The molecule has 5 aromatic rings. The first-order valence-corrected chi connectivity index (χ1v) is 18.6. The van der Waals surface area contributed by atoms with Gasteiger partial charge >= 0.3 is 5.97 Å². The minimum Gasteiger partial charge on any atom is -0.493 e. The SMILES string of the molecule is COc1cc([N+](=O)[O-])c2cc1Oc1ccc(cc1)C[C@H]1c3cc(c(OC)cc3CCN1C)Oc1c(OC(=O)c3ccccc3)c(OC)cc3c1[C@H](C2)N(C)CC3. The second-order valence-corrected chi connectivity index (χ2v) is 14.4. The number of nitro benzene ring substituents is 1. The molecule has 4 heterocycles. The summed E-state index contributed by atoms with van der Waals surface area (Å²) in [5.74, 6) is 2.20. The van der Waals surface area contributed by atoms with Gasteiger partial charge in [-0.05, 0) is 111 Å². The first-order valence-electron chi connectivity index (χ1n) is 18.6. The molecule has 288 valence electrons. The molecule has 0 saturated carbocycles. The van der Waals surface area contributed by atoms with Crippen LogP contribution in [0.4, 0.5) is 5.69 Å². The fourth-order valence-electron chi connectivity index (χ4n) is 8.13. The molecule has 0 saturated heterocycles. The summed E-state index contributed by atoms with van der Waals surface area (Å²) < 4.78 is 37.3. The molecule has 0 unspecified atom stereocenters. The number of likely N-dealkylation sites (N-methyl/N-ethyl adjacent to an activating group) is 2. The highest BCUT2D eigenvalue weighted by Crippen LogP contribution is 2.53. The van der Waals surface area contributed by atoms with E-state index in [1.54, 1.807) is 37.4 Å². The van der Waals surface area contributed by atoms with Gasteiger partial charge in [-0.25, -0.2) is 4.79 Å². The Hall–Kier alpha value is -6.11. The second kappa shape index (κ2) is 15.2. The first-order chi connectivity index (χ1) is 27.1. The van der Waals surface area contributed by atoms with Gasteiger partial charge in [0.05, 0.1) is 37.9 Å². The zero-order valence-corrected chi connectivity index (χ0v) is 32.0. The number of carbonyl (C=O) groups excluding carboxylic acids is 1. The largest absolute Gasteiger partial charge is 0.493 e. The summed E-state index contributed by atoms with van der Waals surface area (Å²) in [5, 5.41) is 12.7. The lowest BCUT2D eigenvalue weighted by Gasteiger charge is -2.37. The van der Waals surface area contributed by atoms with Gasteiger partial charge in [-0.15, -0.1) is 0 Å². The van der Waals surface area contributed by atoms with Crippen molar-refractivity contribution in [1.29, 1.82) is 0 Å². The molecule has 12 heteroatoms. The van der Waals surface area contributed by atoms with E-state index in [1.165, 1.54) is 20.3 Å². The summed E-state index contributed by atoms with van der Waals surface area (Å²) in [7, 11) is 8.69.